The maximum atomic E-state index is 12.6. The number of nitrogens with zero attached hydrogens (tertiary/aromatic N) is 2. The van der Waals surface area contributed by atoms with Gasteiger partial charge in [-0.15, -0.1) is 0 Å². The summed E-state index contributed by atoms with van der Waals surface area (Å²) >= 11 is 0. The summed E-state index contributed by atoms with van der Waals surface area (Å²) in [5.41, 5.74) is 5.54. The van der Waals surface area contributed by atoms with Crippen molar-refractivity contribution < 1.29 is 9.59 Å². The van der Waals surface area contributed by atoms with Gasteiger partial charge in [0.2, 0.25) is 0 Å². The average Bonchev–Trinajstić information content (AvgIpc) is 2.73. The van der Waals surface area contributed by atoms with Crippen LogP contribution in [-0.2, 0) is 17.9 Å². The standard InChI is InChI=1S/C21H20N4O4/c1-15-7-9-17(10-8-15)20(28)23-22-18(26)14-25-19(27)11-12-24(21(25)29)13-16-5-3-2-4-6-16/h2-12H,13-14H2,1H3,(H,22,26)(H,23,28). The minimum atomic E-state index is -0.692. The number of carbonyl (C=O) groups excluding carboxylic acids is 2. The highest BCUT2D eigenvalue weighted by atomic mass is 16.2. The summed E-state index contributed by atoms with van der Waals surface area (Å²) < 4.78 is 2.16. The molecule has 1 heterocycles. The average molecular weight is 392 g/mol. The zero-order valence-corrected chi connectivity index (χ0v) is 15.8. The number of hydrazine groups is 1. The van der Waals surface area contributed by atoms with E-state index in [4.69, 9.17) is 0 Å². The van der Waals surface area contributed by atoms with Gasteiger partial charge in [-0.2, -0.15) is 0 Å². The summed E-state index contributed by atoms with van der Waals surface area (Å²) in [6.45, 7) is 1.65. The van der Waals surface area contributed by atoms with Gasteiger partial charge in [0.05, 0.1) is 6.54 Å². The number of rotatable bonds is 5. The predicted octanol–water partition coefficient (Wildman–Crippen LogP) is 0.828. The molecule has 0 radical (unpaired) electrons. The molecule has 2 aromatic carbocycles. The minimum Gasteiger partial charge on any atom is -0.296 e. The fraction of sp³-hybridized carbons (Fsp3) is 0.143. The first-order valence-corrected chi connectivity index (χ1v) is 8.94. The molecule has 0 aliphatic rings. The Morgan fingerprint density at radius 2 is 1.59 bits per heavy atom. The smallest absolute Gasteiger partial charge is 0.296 e. The third-order valence-electron chi connectivity index (χ3n) is 4.27. The Labute approximate surface area is 166 Å². The Kier molecular flexibility index (Phi) is 6.03. The topological polar surface area (TPSA) is 102 Å². The zero-order valence-electron chi connectivity index (χ0n) is 15.8. The predicted molar refractivity (Wildman–Crippen MR) is 107 cm³/mol. The molecule has 29 heavy (non-hydrogen) atoms. The Balaban J connectivity index is 1.67. The quantitative estimate of drug-likeness (QED) is 0.628. The Bertz CT molecular complexity index is 1130. The summed E-state index contributed by atoms with van der Waals surface area (Å²) in [7, 11) is 0. The van der Waals surface area contributed by atoms with Crippen LogP contribution in [-0.4, -0.2) is 20.9 Å². The maximum absolute atomic E-state index is 12.6. The van der Waals surface area contributed by atoms with Gasteiger partial charge < -0.3 is 0 Å². The SMILES string of the molecule is Cc1ccc(C(=O)NNC(=O)Cn2c(=O)ccn(Cc3ccccc3)c2=O)cc1. The lowest BCUT2D eigenvalue weighted by Gasteiger charge is -2.11. The van der Waals surface area contributed by atoms with Crippen molar-refractivity contribution in [3.63, 3.8) is 0 Å². The van der Waals surface area contributed by atoms with Crippen molar-refractivity contribution in [1.82, 2.24) is 20.0 Å². The molecule has 0 fully saturated rings. The minimum absolute atomic E-state index is 0.270. The molecule has 8 heteroatoms. The molecule has 8 nitrogen and oxygen atoms in total. The van der Waals surface area contributed by atoms with E-state index in [-0.39, 0.29) is 6.54 Å². The van der Waals surface area contributed by atoms with Crippen molar-refractivity contribution in [2.24, 2.45) is 0 Å². The molecule has 0 aliphatic carbocycles. The number of benzene rings is 2. The first kappa shape index (κ1) is 19.8. The van der Waals surface area contributed by atoms with Crippen molar-refractivity contribution in [3.05, 3.63) is 104 Å². The highest BCUT2D eigenvalue weighted by Gasteiger charge is 2.12. The summed E-state index contributed by atoms with van der Waals surface area (Å²) in [6, 6.07) is 17.3. The second kappa shape index (κ2) is 8.83. The van der Waals surface area contributed by atoms with Gasteiger partial charge in [0, 0.05) is 17.8 Å². The van der Waals surface area contributed by atoms with E-state index >= 15 is 0 Å². The van der Waals surface area contributed by atoms with Crippen LogP contribution in [0.5, 0.6) is 0 Å². The fourth-order valence-electron chi connectivity index (χ4n) is 2.69. The van der Waals surface area contributed by atoms with Crippen molar-refractivity contribution in [1.29, 1.82) is 0 Å². The fourth-order valence-corrected chi connectivity index (χ4v) is 2.69. The lowest BCUT2D eigenvalue weighted by Crippen LogP contribution is -2.47. The van der Waals surface area contributed by atoms with Gasteiger partial charge in [0.1, 0.15) is 6.54 Å². The molecule has 0 saturated heterocycles. The van der Waals surface area contributed by atoms with Gasteiger partial charge in [-0.1, -0.05) is 48.0 Å². The van der Waals surface area contributed by atoms with E-state index < -0.39 is 29.6 Å². The normalized spacial score (nSPS) is 10.4. The maximum Gasteiger partial charge on any atom is 0.331 e. The number of aromatic nitrogens is 2. The Morgan fingerprint density at radius 3 is 2.28 bits per heavy atom. The first-order chi connectivity index (χ1) is 13.9. The molecule has 0 unspecified atom stereocenters. The highest BCUT2D eigenvalue weighted by Crippen LogP contribution is 2.02. The van der Waals surface area contributed by atoms with Gasteiger partial charge in [0.15, 0.2) is 0 Å². The number of hydrogen-bond donors (Lipinski definition) is 2. The third kappa shape index (κ3) is 5.07. The number of amides is 2. The molecular formula is C21H20N4O4. The molecule has 3 rings (SSSR count). The molecular weight excluding hydrogens is 372 g/mol. The molecule has 0 bridgehead atoms. The van der Waals surface area contributed by atoms with E-state index in [9.17, 15) is 19.2 Å². The molecule has 3 aromatic rings. The number of nitrogens with one attached hydrogen (secondary N) is 2. The Hall–Kier alpha value is -3.94. The van der Waals surface area contributed by atoms with Crippen LogP contribution in [0.3, 0.4) is 0 Å². The third-order valence-corrected chi connectivity index (χ3v) is 4.27. The summed E-state index contributed by atoms with van der Waals surface area (Å²) in [6.07, 6.45) is 1.39. The molecule has 2 amide bonds. The number of hydrogen-bond acceptors (Lipinski definition) is 4. The Morgan fingerprint density at radius 1 is 0.897 bits per heavy atom. The van der Waals surface area contributed by atoms with Crippen LogP contribution in [0.15, 0.2) is 76.4 Å². The largest absolute Gasteiger partial charge is 0.331 e. The molecule has 0 spiro atoms. The van der Waals surface area contributed by atoms with E-state index in [1.54, 1.807) is 24.3 Å². The van der Waals surface area contributed by atoms with E-state index in [1.807, 2.05) is 37.3 Å². The monoisotopic (exact) mass is 392 g/mol. The second-order valence-electron chi connectivity index (χ2n) is 6.50. The molecule has 2 N–H and O–H groups in total. The highest BCUT2D eigenvalue weighted by molar-refractivity contribution is 5.95. The van der Waals surface area contributed by atoms with E-state index in [1.165, 1.54) is 16.8 Å². The van der Waals surface area contributed by atoms with Gasteiger partial charge >= 0.3 is 5.69 Å². The van der Waals surface area contributed by atoms with Crippen LogP contribution in [0.2, 0.25) is 0 Å². The van der Waals surface area contributed by atoms with Gasteiger partial charge in [-0.25, -0.2) is 4.79 Å². The van der Waals surface area contributed by atoms with Gasteiger partial charge in [-0.3, -0.25) is 34.4 Å². The molecule has 0 atom stereocenters. The van der Waals surface area contributed by atoms with Crippen molar-refractivity contribution in [3.8, 4) is 0 Å². The van der Waals surface area contributed by atoms with Crippen LogP contribution < -0.4 is 22.1 Å². The summed E-state index contributed by atoms with van der Waals surface area (Å²) in [5, 5.41) is 0. The van der Waals surface area contributed by atoms with Crippen LogP contribution in [0.25, 0.3) is 0 Å². The number of aryl methyl sites for hydroxylation is 1. The zero-order chi connectivity index (χ0) is 20.8. The first-order valence-electron chi connectivity index (χ1n) is 8.94. The van der Waals surface area contributed by atoms with Crippen LogP contribution >= 0.6 is 0 Å². The van der Waals surface area contributed by atoms with Gasteiger partial charge in [0.25, 0.3) is 17.4 Å². The molecule has 148 valence electrons. The second-order valence-corrected chi connectivity index (χ2v) is 6.50. The van der Waals surface area contributed by atoms with Crippen molar-refractivity contribution >= 4 is 11.8 Å². The van der Waals surface area contributed by atoms with E-state index in [0.717, 1.165) is 15.7 Å². The molecule has 1 aromatic heterocycles. The lowest BCUT2D eigenvalue weighted by atomic mass is 10.1. The summed E-state index contributed by atoms with van der Waals surface area (Å²) in [4.78, 5) is 48.8. The molecule has 0 aliphatic heterocycles. The van der Waals surface area contributed by atoms with Crippen molar-refractivity contribution in [2.75, 3.05) is 0 Å². The summed E-state index contributed by atoms with van der Waals surface area (Å²) in [5.74, 6) is -1.19. The van der Waals surface area contributed by atoms with Crippen molar-refractivity contribution in [2.45, 2.75) is 20.0 Å². The van der Waals surface area contributed by atoms with E-state index in [2.05, 4.69) is 10.9 Å². The van der Waals surface area contributed by atoms with Crippen LogP contribution in [0, 0.1) is 6.92 Å². The van der Waals surface area contributed by atoms with Crippen LogP contribution in [0.4, 0.5) is 0 Å². The van der Waals surface area contributed by atoms with E-state index in [0.29, 0.717) is 5.56 Å². The molecule has 0 saturated carbocycles. The number of carbonyl (C=O) groups is 2. The lowest BCUT2D eigenvalue weighted by molar-refractivity contribution is -0.122. The van der Waals surface area contributed by atoms with Crippen LogP contribution in [0.1, 0.15) is 21.5 Å². The van der Waals surface area contributed by atoms with Gasteiger partial charge in [-0.05, 0) is 24.6 Å².